The van der Waals surface area contributed by atoms with Gasteiger partial charge in [0.1, 0.15) is 0 Å². The third kappa shape index (κ3) is 1.42. The minimum Gasteiger partial charge on any atom is -0.240 e. The monoisotopic (exact) mass is 209 g/mol. The summed E-state index contributed by atoms with van der Waals surface area (Å²) in [4.78, 5) is 0. The predicted molar refractivity (Wildman–Crippen MR) is 65.8 cm³/mol. The van der Waals surface area contributed by atoms with Gasteiger partial charge >= 0.3 is 0 Å². The molecule has 2 aromatic carbocycles. The molecule has 0 saturated heterocycles. The fourth-order valence-electron chi connectivity index (χ4n) is 1.78. The fraction of sp³-hybridized carbons (Fsp3) is 0. The normalized spacial score (nSPS) is 13.1. The second kappa shape index (κ2) is 3.70. The summed E-state index contributed by atoms with van der Waals surface area (Å²) in [6, 6.07) is 18.3. The van der Waals surface area contributed by atoms with E-state index in [0.717, 1.165) is 16.9 Å². The number of rotatable bonds is 1. The number of anilines is 2. The lowest BCUT2D eigenvalue weighted by Crippen LogP contribution is -2.32. The molecule has 0 amide bonds. The number of hydrogen-bond acceptors (Lipinski definition) is 3. The molecule has 0 atom stereocenters. The van der Waals surface area contributed by atoms with Crippen LogP contribution in [0.3, 0.4) is 0 Å². The van der Waals surface area contributed by atoms with Gasteiger partial charge in [-0.2, -0.15) is 5.10 Å². The maximum atomic E-state index is 4.13. The highest BCUT2D eigenvalue weighted by Gasteiger charge is 2.14. The average molecular weight is 209 g/mol. The van der Waals surface area contributed by atoms with E-state index in [1.165, 1.54) is 0 Å². The third-order valence-electron chi connectivity index (χ3n) is 2.55. The topological polar surface area (TPSA) is 27.6 Å². The first-order valence-corrected chi connectivity index (χ1v) is 5.18. The van der Waals surface area contributed by atoms with Crippen LogP contribution in [-0.2, 0) is 0 Å². The first-order chi connectivity index (χ1) is 7.95. The van der Waals surface area contributed by atoms with Crippen molar-refractivity contribution in [1.29, 1.82) is 0 Å². The van der Waals surface area contributed by atoms with E-state index in [9.17, 15) is 0 Å². The summed E-state index contributed by atoms with van der Waals surface area (Å²) in [5.41, 5.74) is 6.30. The van der Waals surface area contributed by atoms with Gasteiger partial charge in [0.15, 0.2) is 0 Å². The van der Waals surface area contributed by atoms with Crippen LogP contribution < -0.4 is 10.5 Å². The quantitative estimate of drug-likeness (QED) is 0.782. The number of benzene rings is 2. The lowest BCUT2D eigenvalue weighted by molar-refractivity contribution is 0.753. The molecule has 0 aliphatic carbocycles. The molecule has 0 fully saturated rings. The van der Waals surface area contributed by atoms with Crippen molar-refractivity contribution in [3.8, 4) is 0 Å². The van der Waals surface area contributed by atoms with Gasteiger partial charge in [0.2, 0.25) is 0 Å². The van der Waals surface area contributed by atoms with Crippen molar-refractivity contribution in [3.05, 3.63) is 60.2 Å². The van der Waals surface area contributed by atoms with Gasteiger partial charge in [-0.05, 0) is 18.2 Å². The molecule has 0 spiro atoms. The van der Waals surface area contributed by atoms with Gasteiger partial charge in [0, 0.05) is 5.56 Å². The highest BCUT2D eigenvalue weighted by molar-refractivity contribution is 5.90. The summed E-state index contributed by atoms with van der Waals surface area (Å²) in [5, 5.41) is 6.09. The van der Waals surface area contributed by atoms with Crippen LogP contribution in [-0.4, -0.2) is 6.21 Å². The van der Waals surface area contributed by atoms with Crippen LogP contribution >= 0.6 is 0 Å². The Morgan fingerprint density at radius 2 is 1.62 bits per heavy atom. The molecule has 1 aliphatic rings. The van der Waals surface area contributed by atoms with Crippen LogP contribution in [0, 0.1) is 0 Å². The van der Waals surface area contributed by atoms with Gasteiger partial charge in [-0.25, -0.2) is 10.5 Å². The second-order valence-electron chi connectivity index (χ2n) is 3.59. The Morgan fingerprint density at radius 3 is 2.50 bits per heavy atom. The molecule has 3 nitrogen and oxygen atoms in total. The van der Waals surface area contributed by atoms with Crippen molar-refractivity contribution in [3.63, 3.8) is 0 Å². The van der Waals surface area contributed by atoms with Gasteiger partial charge in [-0.3, -0.25) is 0 Å². The van der Waals surface area contributed by atoms with E-state index in [1.54, 1.807) is 0 Å². The van der Waals surface area contributed by atoms with Crippen LogP contribution in [0.5, 0.6) is 0 Å². The summed E-state index contributed by atoms with van der Waals surface area (Å²) in [5.74, 6) is 0. The van der Waals surface area contributed by atoms with E-state index in [4.69, 9.17) is 0 Å². The summed E-state index contributed by atoms with van der Waals surface area (Å²) in [6.07, 6.45) is 1.83. The molecule has 1 aliphatic heterocycles. The maximum Gasteiger partial charge on any atom is 0.0734 e. The van der Waals surface area contributed by atoms with E-state index in [2.05, 4.69) is 22.8 Å². The number of hydrogen-bond donors (Lipinski definition) is 1. The van der Waals surface area contributed by atoms with E-state index >= 15 is 0 Å². The number of hydrazone groups is 1. The summed E-state index contributed by atoms with van der Waals surface area (Å²) < 4.78 is 0. The summed E-state index contributed by atoms with van der Waals surface area (Å²) >= 11 is 0. The highest BCUT2D eigenvalue weighted by atomic mass is 15.7. The maximum absolute atomic E-state index is 4.13. The van der Waals surface area contributed by atoms with Gasteiger partial charge in [0.25, 0.3) is 0 Å². The Morgan fingerprint density at radius 1 is 0.875 bits per heavy atom. The number of nitrogens with one attached hydrogen (secondary N) is 1. The molecule has 1 N–H and O–H groups in total. The minimum absolute atomic E-state index is 1.08. The molecule has 78 valence electrons. The van der Waals surface area contributed by atoms with Crippen LogP contribution in [0.15, 0.2) is 59.7 Å². The zero-order valence-electron chi connectivity index (χ0n) is 8.67. The molecule has 0 bridgehead atoms. The molecular formula is C13H11N3. The zero-order chi connectivity index (χ0) is 10.8. The summed E-state index contributed by atoms with van der Waals surface area (Å²) in [7, 11) is 0. The van der Waals surface area contributed by atoms with E-state index in [0.29, 0.717) is 0 Å². The molecule has 0 unspecified atom stereocenters. The van der Waals surface area contributed by atoms with Crippen molar-refractivity contribution in [2.75, 3.05) is 5.01 Å². The Kier molecular flexibility index (Phi) is 2.07. The van der Waals surface area contributed by atoms with E-state index in [-0.39, 0.29) is 0 Å². The SMILES string of the molecule is C1=NNN(c2ccccc2)c2ccccc21. The number of hydrazine groups is 1. The molecule has 16 heavy (non-hydrogen) atoms. The van der Waals surface area contributed by atoms with Crippen LogP contribution in [0.2, 0.25) is 0 Å². The van der Waals surface area contributed by atoms with Crippen molar-refractivity contribution in [1.82, 2.24) is 5.53 Å². The average Bonchev–Trinajstić information content (AvgIpc) is 2.39. The first-order valence-electron chi connectivity index (χ1n) is 5.18. The first kappa shape index (κ1) is 8.97. The van der Waals surface area contributed by atoms with E-state index < -0.39 is 0 Å². The van der Waals surface area contributed by atoms with Crippen molar-refractivity contribution in [2.45, 2.75) is 0 Å². The minimum atomic E-state index is 1.08. The van der Waals surface area contributed by atoms with Gasteiger partial charge in [0.05, 0.1) is 17.6 Å². The standard InChI is InChI=1S/C13H11N3/c1-2-7-12(8-3-1)16-13-9-5-4-6-11(13)10-14-15-16/h1-10,15H. The largest absolute Gasteiger partial charge is 0.240 e. The number of para-hydroxylation sites is 2. The Bertz CT molecular complexity index is 520. The van der Waals surface area contributed by atoms with Crippen LogP contribution in [0.25, 0.3) is 0 Å². The lowest BCUT2D eigenvalue weighted by Gasteiger charge is -2.27. The second-order valence-corrected chi connectivity index (χ2v) is 3.59. The Balaban J connectivity index is 2.09. The fourth-order valence-corrected chi connectivity index (χ4v) is 1.78. The van der Waals surface area contributed by atoms with Gasteiger partial charge in [-0.15, -0.1) is 0 Å². The number of nitrogens with zero attached hydrogens (tertiary/aromatic N) is 2. The van der Waals surface area contributed by atoms with Crippen molar-refractivity contribution < 1.29 is 0 Å². The van der Waals surface area contributed by atoms with Crippen molar-refractivity contribution >= 4 is 17.6 Å². The van der Waals surface area contributed by atoms with Crippen molar-refractivity contribution in [2.24, 2.45) is 5.10 Å². The van der Waals surface area contributed by atoms with Gasteiger partial charge < -0.3 is 0 Å². The van der Waals surface area contributed by atoms with Gasteiger partial charge in [-0.1, -0.05) is 36.4 Å². The molecule has 0 saturated carbocycles. The number of fused-ring (bicyclic) bond motifs is 1. The van der Waals surface area contributed by atoms with Crippen LogP contribution in [0.4, 0.5) is 11.4 Å². The third-order valence-corrected chi connectivity index (χ3v) is 2.55. The smallest absolute Gasteiger partial charge is 0.0734 e. The molecule has 3 heteroatoms. The molecule has 1 heterocycles. The molecule has 0 radical (unpaired) electrons. The molecule has 3 rings (SSSR count). The molecule has 2 aromatic rings. The molecule has 0 aromatic heterocycles. The molecular weight excluding hydrogens is 198 g/mol. The predicted octanol–water partition coefficient (Wildman–Crippen LogP) is 2.68. The van der Waals surface area contributed by atoms with Crippen LogP contribution in [0.1, 0.15) is 5.56 Å². The highest BCUT2D eigenvalue weighted by Crippen LogP contribution is 2.27. The Labute approximate surface area is 94.0 Å². The lowest BCUT2D eigenvalue weighted by atomic mass is 10.1. The summed E-state index contributed by atoms with van der Waals surface area (Å²) in [6.45, 7) is 0. The van der Waals surface area contributed by atoms with E-state index in [1.807, 2.05) is 53.7 Å². The Hall–Kier alpha value is -2.29. The zero-order valence-corrected chi connectivity index (χ0v) is 8.67.